The van der Waals surface area contributed by atoms with E-state index in [1.165, 1.54) is 0 Å². The van der Waals surface area contributed by atoms with Gasteiger partial charge >= 0.3 is 5.97 Å². The van der Waals surface area contributed by atoms with E-state index in [4.69, 9.17) is 18.9 Å². The van der Waals surface area contributed by atoms with Gasteiger partial charge < -0.3 is 18.9 Å². The van der Waals surface area contributed by atoms with E-state index in [0.717, 1.165) is 0 Å². The molecule has 1 aliphatic rings. The molecule has 0 radical (unpaired) electrons. The van der Waals surface area contributed by atoms with Crippen molar-refractivity contribution >= 4 is 5.97 Å². The first-order chi connectivity index (χ1) is 9.67. The van der Waals surface area contributed by atoms with E-state index in [1.807, 2.05) is 13.0 Å². The number of carbonyl (C=O) groups is 1. The molecule has 0 saturated carbocycles. The third-order valence-corrected chi connectivity index (χ3v) is 3.49. The molecule has 20 heavy (non-hydrogen) atoms. The van der Waals surface area contributed by atoms with Crippen molar-refractivity contribution in [2.75, 3.05) is 20.8 Å². The normalized spacial score (nSPS) is 29.9. The van der Waals surface area contributed by atoms with E-state index in [0.29, 0.717) is 12.2 Å². The summed E-state index contributed by atoms with van der Waals surface area (Å²) in [6, 6.07) is 8.86. The fourth-order valence-electron chi connectivity index (χ4n) is 2.41. The highest BCUT2D eigenvalue weighted by molar-refractivity contribution is 5.89. The highest BCUT2D eigenvalue weighted by Crippen LogP contribution is 2.23. The van der Waals surface area contributed by atoms with Crippen molar-refractivity contribution in [2.45, 2.75) is 31.3 Å². The molecule has 0 unspecified atom stereocenters. The standard InChI is InChI=1S/C15H20O5/c1-10-13(17-2)14(18-3)12(9-19-10)20-15(16)11-7-5-4-6-8-11/h4-8,10,12-14H,9H2,1-3H3/t10-,12+,13+,14-/m1/s1. The molecule has 1 fully saturated rings. The van der Waals surface area contributed by atoms with Crippen molar-refractivity contribution in [3.05, 3.63) is 35.9 Å². The third kappa shape index (κ3) is 3.17. The molecular formula is C15H20O5. The Morgan fingerprint density at radius 3 is 2.40 bits per heavy atom. The molecule has 0 amide bonds. The van der Waals surface area contributed by atoms with Crippen molar-refractivity contribution < 1.29 is 23.7 Å². The molecule has 1 saturated heterocycles. The van der Waals surface area contributed by atoms with Crippen molar-refractivity contribution in [1.82, 2.24) is 0 Å². The minimum Gasteiger partial charge on any atom is -0.453 e. The lowest BCUT2D eigenvalue weighted by atomic mass is 10.0. The summed E-state index contributed by atoms with van der Waals surface area (Å²) in [5.41, 5.74) is 0.509. The summed E-state index contributed by atoms with van der Waals surface area (Å²) in [5.74, 6) is -0.384. The highest BCUT2D eigenvalue weighted by atomic mass is 16.6. The van der Waals surface area contributed by atoms with Gasteiger partial charge in [-0.3, -0.25) is 0 Å². The van der Waals surface area contributed by atoms with E-state index in [2.05, 4.69) is 0 Å². The van der Waals surface area contributed by atoms with Crippen molar-refractivity contribution in [2.24, 2.45) is 0 Å². The number of rotatable bonds is 4. The molecule has 2 rings (SSSR count). The molecule has 4 atom stereocenters. The summed E-state index contributed by atoms with van der Waals surface area (Å²) in [5, 5.41) is 0. The van der Waals surface area contributed by atoms with Crippen LogP contribution in [-0.2, 0) is 18.9 Å². The lowest BCUT2D eigenvalue weighted by molar-refractivity contribution is -0.200. The van der Waals surface area contributed by atoms with E-state index in [9.17, 15) is 4.79 Å². The van der Waals surface area contributed by atoms with Crippen LogP contribution in [0.4, 0.5) is 0 Å². The Morgan fingerprint density at radius 2 is 1.80 bits per heavy atom. The van der Waals surface area contributed by atoms with Crippen LogP contribution in [-0.4, -0.2) is 51.2 Å². The minimum absolute atomic E-state index is 0.100. The van der Waals surface area contributed by atoms with Crippen LogP contribution >= 0.6 is 0 Å². The van der Waals surface area contributed by atoms with Crippen molar-refractivity contribution in [1.29, 1.82) is 0 Å². The maximum absolute atomic E-state index is 12.1. The first kappa shape index (κ1) is 15.0. The predicted molar refractivity (Wildman–Crippen MR) is 72.7 cm³/mol. The van der Waals surface area contributed by atoms with Crippen LogP contribution in [0.15, 0.2) is 30.3 Å². The summed E-state index contributed by atoms with van der Waals surface area (Å²) in [6.45, 7) is 2.22. The van der Waals surface area contributed by atoms with Crippen LogP contribution in [0.2, 0.25) is 0 Å². The van der Waals surface area contributed by atoms with Gasteiger partial charge in [0, 0.05) is 14.2 Å². The molecule has 1 heterocycles. The Labute approximate surface area is 118 Å². The van der Waals surface area contributed by atoms with Crippen LogP contribution in [0.3, 0.4) is 0 Å². The van der Waals surface area contributed by atoms with Gasteiger partial charge in [0.2, 0.25) is 0 Å². The second-order valence-corrected chi connectivity index (χ2v) is 4.75. The van der Waals surface area contributed by atoms with Gasteiger partial charge in [0.25, 0.3) is 0 Å². The Hall–Kier alpha value is -1.43. The molecular weight excluding hydrogens is 260 g/mol. The lowest BCUT2D eigenvalue weighted by Gasteiger charge is -2.39. The number of esters is 1. The van der Waals surface area contributed by atoms with Gasteiger partial charge in [0.05, 0.1) is 18.3 Å². The van der Waals surface area contributed by atoms with Crippen LogP contribution in [0, 0.1) is 0 Å². The third-order valence-electron chi connectivity index (χ3n) is 3.49. The summed E-state index contributed by atoms with van der Waals surface area (Å²) in [6.07, 6.45) is -1.18. The molecule has 1 aromatic rings. The maximum atomic E-state index is 12.1. The lowest BCUT2D eigenvalue weighted by Crippen LogP contribution is -2.55. The fraction of sp³-hybridized carbons (Fsp3) is 0.533. The second-order valence-electron chi connectivity index (χ2n) is 4.75. The van der Waals surface area contributed by atoms with Gasteiger partial charge in [0.15, 0.2) is 6.10 Å². The van der Waals surface area contributed by atoms with Gasteiger partial charge in [-0.05, 0) is 19.1 Å². The maximum Gasteiger partial charge on any atom is 0.338 e. The fourth-order valence-corrected chi connectivity index (χ4v) is 2.41. The summed E-state index contributed by atoms with van der Waals surface area (Å²) >= 11 is 0. The zero-order valence-electron chi connectivity index (χ0n) is 11.9. The number of ether oxygens (including phenoxy) is 4. The van der Waals surface area contributed by atoms with Gasteiger partial charge in [0.1, 0.15) is 12.2 Å². The van der Waals surface area contributed by atoms with Crippen molar-refractivity contribution in [3.8, 4) is 0 Å². The average molecular weight is 280 g/mol. The number of carbonyl (C=O) groups excluding carboxylic acids is 1. The highest BCUT2D eigenvalue weighted by Gasteiger charge is 2.41. The van der Waals surface area contributed by atoms with Crippen LogP contribution in [0.25, 0.3) is 0 Å². The first-order valence-corrected chi connectivity index (χ1v) is 6.60. The molecule has 0 aliphatic carbocycles. The number of hydrogen-bond acceptors (Lipinski definition) is 5. The monoisotopic (exact) mass is 280 g/mol. The largest absolute Gasteiger partial charge is 0.453 e. The molecule has 0 bridgehead atoms. The second kappa shape index (κ2) is 6.83. The van der Waals surface area contributed by atoms with Crippen LogP contribution < -0.4 is 0 Å². The topological polar surface area (TPSA) is 54.0 Å². The quantitative estimate of drug-likeness (QED) is 0.785. The molecule has 1 aromatic carbocycles. The van der Waals surface area contributed by atoms with E-state index >= 15 is 0 Å². The van der Waals surface area contributed by atoms with E-state index in [1.54, 1.807) is 38.5 Å². The Morgan fingerprint density at radius 1 is 1.15 bits per heavy atom. The predicted octanol–water partition coefficient (Wildman–Crippen LogP) is 1.66. The van der Waals surface area contributed by atoms with Gasteiger partial charge in [-0.15, -0.1) is 0 Å². The molecule has 0 N–H and O–H groups in total. The Bertz CT molecular complexity index is 433. The molecule has 0 aromatic heterocycles. The summed E-state index contributed by atoms with van der Waals surface area (Å²) in [7, 11) is 3.18. The summed E-state index contributed by atoms with van der Waals surface area (Å²) < 4.78 is 21.9. The smallest absolute Gasteiger partial charge is 0.338 e. The summed E-state index contributed by atoms with van der Waals surface area (Å²) in [4.78, 5) is 12.1. The molecule has 110 valence electrons. The number of hydrogen-bond donors (Lipinski definition) is 0. The number of benzene rings is 1. The average Bonchev–Trinajstić information content (AvgIpc) is 2.49. The van der Waals surface area contributed by atoms with Gasteiger partial charge in [-0.2, -0.15) is 0 Å². The van der Waals surface area contributed by atoms with Crippen LogP contribution in [0.5, 0.6) is 0 Å². The van der Waals surface area contributed by atoms with Gasteiger partial charge in [-0.25, -0.2) is 4.79 Å². The first-order valence-electron chi connectivity index (χ1n) is 6.60. The van der Waals surface area contributed by atoms with E-state index in [-0.39, 0.29) is 24.3 Å². The Kier molecular flexibility index (Phi) is 5.11. The SMILES string of the molecule is CO[C@@H]1[C@H](OC)[C@@H](OC(=O)c2ccccc2)CO[C@@H]1C. The molecule has 1 aliphatic heterocycles. The van der Waals surface area contributed by atoms with Crippen LogP contribution in [0.1, 0.15) is 17.3 Å². The van der Waals surface area contributed by atoms with E-state index < -0.39 is 6.10 Å². The molecule has 0 spiro atoms. The zero-order chi connectivity index (χ0) is 14.5. The van der Waals surface area contributed by atoms with Gasteiger partial charge in [-0.1, -0.05) is 18.2 Å². The molecule has 5 heteroatoms. The van der Waals surface area contributed by atoms with Crippen molar-refractivity contribution in [3.63, 3.8) is 0 Å². The Balaban J connectivity index is 2.06. The minimum atomic E-state index is -0.478. The number of methoxy groups -OCH3 is 2. The molecule has 5 nitrogen and oxygen atoms in total. The zero-order valence-corrected chi connectivity index (χ0v) is 11.9.